The third kappa shape index (κ3) is 11.1. The molecule has 0 atom stereocenters. The number of rotatable bonds is 15. The number of fused-ring (bicyclic) bond motifs is 1. The van der Waals surface area contributed by atoms with E-state index in [4.69, 9.17) is 23.5 Å². The highest BCUT2D eigenvalue weighted by molar-refractivity contribution is 7.81. The Morgan fingerprint density at radius 1 is 0.961 bits per heavy atom. The smallest absolute Gasteiger partial charge is 0.446 e. The predicted octanol–water partition coefficient (Wildman–Crippen LogP) is 6.06. The molecule has 1 aliphatic carbocycles. The first-order chi connectivity index (χ1) is 24.4. The normalized spacial score (nSPS) is 15.2. The average Bonchev–Trinajstić information content (AvgIpc) is 3.85. The molecule has 0 spiro atoms. The van der Waals surface area contributed by atoms with Gasteiger partial charge >= 0.3 is 10.4 Å². The molecule has 6 rings (SSSR count). The van der Waals surface area contributed by atoms with Gasteiger partial charge in [-0.3, -0.25) is 19.2 Å². The maximum absolute atomic E-state index is 14.9. The number of carbonyl (C=O) groups excluding carboxylic acids is 1. The van der Waals surface area contributed by atoms with Crippen molar-refractivity contribution in [1.29, 1.82) is 0 Å². The number of pyridine rings is 1. The van der Waals surface area contributed by atoms with Crippen LogP contribution in [0, 0.1) is 17.0 Å². The number of ether oxygens (including phenoxy) is 4. The average molecular weight is 731 g/mol. The van der Waals surface area contributed by atoms with Gasteiger partial charge in [-0.25, -0.2) is 8.78 Å². The van der Waals surface area contributed by atoms with Gasteiger partial charge < -0.3 is 33.8 Å². The molecule has 51 heavy (non-hydrogen) atoms. The van der Waals surface area contributed by atoms with E-state index in [0.29, 0.717) is 41.2 Å². The quantitative estimate of drug-likeness (QED) is 0.0739. The molecule has 2 aliphatic rings. The SMILES string of the molecule is COc1cc2c(Oc3ccc(NCC4(C)CC4)cc3F)ccnc2cc1OCCCN1CCOCC1.O=CNc1ccc(F)c(OS(=O)(=O)O)c1. The minimum absolute atomic E-state index is 0.130. The third-order valence-electron chi connectivity index (χ3n) is 8.29. The Morgan fingerprint density at radius 2 is 1.73 bits per heavy atom. The monoisotopic (exact) mass is 730 g/mol. The molecule has 0 unspecified atom stereocenters. The molecule has 274 valence electrons. The fourth-order valence-electron chi connectivity index (χ4n) is 5.14. The Morgan fingerprint density at radius 3 is 2.41 bits per heavy atom. The number of amides is 1. The van der Waals surface area contributed by atoms with Crippen LogP contribution in [0.15, 0.2) is 60.8 Å². The Hall–Kier alpha value is -4.77. The van der Waals surface area contributed by atoms with Crippen LogP contribution in [0.5, 0.6) is 28.7 Å². The van der Waals surface area contributed by atoms with Crippen LogP contribution < -0.4 is 29.0 Å². The summed E-state index contributed by atoms with van der Waals surface area (Å²) in [6.07, 6.45) is 5.30. The van der Waals surface area contributed by atoms with Crippen molar-refractivity contribution < 1.29 is 49.7 Å². The zero-order chi connectivity index (χ0) is 36.4. The standard InChI is InChI=1S/C28H34FN3O4.C7H6FNO5S/c1-28(7-8-28)19-31-20-4-5-25(22(29)16-20)36-24-6-9-30-23-18-27(26(33-2)17-21(23)24)35-13-3-10-32-11-14-34-15-12-32;8-6-2-1-5(9-4-10)3-7(6)14-15(11,12)13/h4-6,9,16-18,31H,3,7-8,10-15,19H2,1-2H3;1-4H,(H,9,10)(H,11,12,13). The lowest BCUT2D eigenvalue weighted by Crippen LogP contribution is -2.37. The molecular formula is C35H40F2N4O9S. The molecule has 1 aromatic heterocycles. The van der Waals surface area contributed by atoms with E-state index < -0.39 is 27.8 Å². The van der Waals surface area contributed by atoms with Gasteiger partial charge in [-0.15, -0.1) is 0 Å². The predicted molar refractivity (Wildman–Crippen MR) is 186 cm³/mol. The van der Waals surface area contributed by atoms with Crippen molar-refractivity contribution in [1.82, 2.24) is 9.88 Å². The molecule has 1 aliphatic heterocycles. The molecule has 4 aromatic rings. The molecule has 1 amide bonds. The maximum Gasteiger partial charge on any atom is 0.446 e. The lowest BCUT2D eigenvalue weighted by atomic mass is 10.1. The van der Waals surface area contributed by atoms with Gasteiger partial charge in [-0.2, -0.15) is 8.42 Å². The molecule has 0 radical (unpaired) electrons. The largest absolute Gasteiger partial charge is 0.493 e. The summed E-state index contributed by atoms with van der Waals surface area (Å²) in [6.45, 7) is 8.13. The molecule has 3 N–H and O–H groups in total. The van der Waals surface area contributed by atoms with Crippen molar-refractivity contribution in [3.8, 4) is 28.7 Å². The van der Waals surface area contributed by atoms with E-state index >= 15 is 0 Å². The molecule has 1 saturated heterocycles. The number of anilines is 2. The number of morpholine rings is 1. The molecule has 13 nitrogen and oxygen atoms in total. The van der Waals surface area contributed by atoms with Crippen LogP contribution in [-0.2, 0) is 19.9 Å². The fourth-order valence-corrected chi connectivity index (χ4v) is 5.50. The summed E-state index contributed by atoms with van der Waals surface area (Å²) in [7, 11) is -3.18. The number of aromatic nitrogens is 1. The Bertz CT molecular complexity index is 1920. The Labute approximate surface area is 294 Å². The van der Waals surface area contributed by atoms with Crippen molar-refractivity contribution in [2.45, 2.75) is 26.2 Å². The van der Waals surface area contributed by atoms with Crippen molar-refractivity contribution in [3.63, 3.8) is 0 Å². The van der Waals surface area contributed by atoms with Gasteiger partial charge in [0.1, 0.15) is 5.75 Å². The van der Waals surface area contributed by atoms with Crippen LogP contribution in [-0.4, -0.2) is 82.4 Å². The number of hydrogen-bond donors (Lipinski definition) is 3. The highest BCUT2D eigenvalue weighted by atomic mass is 32.3. The van der Waals surface area contributed by atoms with Gasteiger partial charge in [0.15, 0.2) is 34.6 Å². The number of carbonyl (C=O) groups is 1. The zero-order valence-electron chi connectivity index (χ0n) is 28.2. The van der Waals surface area contributed by atoms with E-state index in [-0.39, 0.29) is 11.4 Å². The van der Waals surface area contributed by atoms with E-state index in [1.807, 2.05) is 18.2 Å². The van der Waals surface area contributed by atoms with E-state index in [0.717, 1.165) is 69.0 Å². The molecule has 0 bridgehead atoms. The van der Waals surface area contributed by atoms with Crippen molar-refractivity contribution in [3.05, 3.63) is 72.4 Å². The van der Waals surface area contributed by atoms with Crippen LogP contribution in [0.2, 0.25) is 0 Å². The fraction of sp³-hybridized carbons (Fsp3) is 0.371. The van der Waals surface area contributed by atoms with E-state index in [1.54, 1.807) is 25.4 Å². The number of hydrogen-bond acceptors (Lipinski definition) is 11. The second kappa shape index (κ2) is 17.0. The van der Waals surface area contributed by atoms with Gasteiger partial charge in [0.2, 0.25) is 6.41 Å². The topological polar surface area (TPSA) is 158 Å². The van der Waals surface area contributed by atoms with Gasteiger partial charge in [0.25, 0.3) is 0 Å². The zero-order valence-corrected chi connectivity index (χ0v) is 29.0. The van der Waals surface area contributed by atoms with Gasteiger partial charge in [-0.05, 0) is 61.1 Å². The number of halogens is 2. The van der Waals surface area contributed by atoms with Crippen LogP contribution in [0.1, 0.15) is 26.2 Å². The molecule has 2 fully saturated rings. The van der Waals surface area contributed by atoms with E-state index in [2.05, 4.69) is 31.6 Å². The summed E-state index contributed by atoms with van der Waals surface area (Å²) in [5, 5.41) is 6.20. The first-order valence-corrected chi connectivity index (χ1v) is 17.6. The Balaban J connectivity index is 0.000000283. The molecule has 1 saturated carbocycles. The van der Waals surface area contributed by atoms with E-state index in [9.17, 15) is 22.0 Å². The number of nitrogens with zero attached hydrogens (tertiary/aromatic N) is 2. The van der Waals surface area contributed by atoms with Crippen LogP contribution >= 0.6 is 0 Å². The van der Waals surface area contributed by atoms with Crippen molar-refractivity contribution in [2.24, 2.45) is 5.41 Å². The lowest BCUT2D eigenvalue weighted by Gasteiger charge is -2.26. The van der Waals surface area contributed by atoms with Gasteiger partial charge in [0, 0.05) is 67.3 Å². The summed E-state index contributed by atoms with van der Waals surface area (Å²) in [4.78, 5) is 16.9. The number of methoxy groups -OCH3 is 1. The second-order valence-corrected chi connectivity index (χ2v) is 13.3. The summed E-state index contributed by atoms with van der Waals surface area (Å²) >= 11 is 0. The highest BCUT2D eigenvalue weighted by Gasteiger charge is 2.36. The first kappa shape index (κ1) is 37.5. The summed E-state index contributed by atoms with van der Waals surface area (Å²) in [5.74, 6) is -0.232. The maximum atomic E-state index is 14.9. The van der Waals surface area contributed by atoms with Crippen molar-refractivity contribution in [2.75, 3.05) is 63.7 Å². The van der Waals surface area contributed by atoms with Crippen LogP contribution in [0.3, 0.4) is 0 Å². The molecule has 16 heteroatoms. The minimum atomic E-state index is -4.79. The summed E-state index contributed by atoms with van der Waals surface area (Å²) < 4.78 is 83.6. The molecule has 3 aromatic carbocycles. The van der Waals surface area contributed by atoms with Crippen LogP contribution in [0.25, 0.3) is 10.9 Å². The highest BCUT2D eigenvalue weighted by Crippen LogP contribution is 2.45. The third-order valence-corrected chi connectivity index (χ3v) is 8.68. The minimum Gasteiger partial charge on any atom is -0.493 e. The molecule has 2 heterocycles. The summed E-state index contributed by atoms with van der Waals surface area (Å²) in [5.41, 5.74) is 1.91. The van der Waals surface area contributed by atoms with Gasteiger partial charge in [-0.1, -0.05) is 6.92 Å². The van der Waals surface area contributed by atoms with Crippen molar-refractivity contribution >= 4 is 39.1 Å². The number of benzene rings is 3. The Kier molecular flexibility index (Phi) is 12.5. The first-order valence-electron chi connectivity index (χ1n) is 16.2. The van der Waals surface area contributed by atoms with Gasteiger partial charge in [0.05, 0.1) is 32.4 Å². The molecular weight excluding hydrogens is 690 g/mol. The van der Waals surface area contributed by atoms with Crippen LogP contribution in [0.4, 0.5) is 20.2 Å². The lowest BCUT2D eigenvalue weighted by molar-refractivity contribution is -0.105. The van der Waals surface area contributed by atoms with E-state index in [1.165, 1.54) is 25.0 Å². The second-order valence-electron chi connectivity index (χ2n) is 12.3. The number of nitrogens with one attached hydrogen (secondary N) is 2. The summed E-state index contributed by atoms with van der Waals surface area (Å²) in [6, 6.07) is 13.4.